The van der Waals surface area contributed by atoms with Gasteiger partial charge in [-0.15, -0.1) is 0 Å². The fourth-order valence-electron chi connectivity index (χ4n) is 1.50. The Balaban J connectivity index is 2.28. The number of rotatable bonds is 2. The van der Waals surface area contributed by atoms with Crippen molar-refractivity contribution in [2.24, 2.45) is 0 Å². The van der Waals surface area contributed by atoms with E-state index in [0.717, 1.165) is 6.07 Å². The van der Waals surface area contributed by atoms with Crippen molar-refractivity contribution in [1.29, 1.82) is 0 Å². The third-order valence-corrected chi connectivity index (χ3v) is 3.82. The first kappa shape index (κ1) is 13.7. The summed E-state index contributed by atoms with van der Waals surface area (Å²) in [5.74, 6) is -0.908. The number of hydrogen-bond donors (Lipinski definition) is 3. The van der Waals surface area contributed by atoms with Crippen LogP contribution in [0, 0.1) is 0 Å². The van der Waals surface area contributed by atoms with Gasteiger partial charge in [-0.1, -0.05) is 17.7 Å². The molecule has 2 aromatic carbocycles. The molecule has 0 unspecified atom stereocenters. The number of hydrogen-bond acceptors (Lipinski definition) is 3. The Hall–Kier alpha value is -1.72. The van der Waals surface area contributed by atoms with E-state index < -0.39 is 5.91 Å². The fraction of sp³-hybridized carbons (Fsp3) is 0. The van der Waals surface area contributed by atoms with Gasteiger partial charge in [-0.25, -0.2) is 0 Å². The highest BCUT2D eigenvalue weighted by Crippen LogP contribution is 2.31. The van der Waals surface area contributed by atoms with E-state index in [2.05, 4.69) is 21.2 Å². The molecule has 0 radical (unpaired) electrons. The molecule has 0 aliphatic rings. The molecule has 0 aliphatic heterocycles. The van der Waals surface area contributed by atoms with E-state index in [1.54, 1.807) is 18.2 Å². The van der Waals surface area contributed by atoms with Crippen LogP contribution in [0.1, 0.15) is 10.4 Å². The van der Waals surface area contributed by atoms with Crippen LogP contribution in [0.25, 0.3) is 0 Å². The number of halogens is 2. The Bertz CT molecular complexity index is 646. The van der Waals surface area contributed by atoms with E-state index >= 15 is 0 Å². The molecule has 4 nitrogen and oxygen atoms in total. The minimum Gasteiger partial charge on any atom is -0.508 e. The second-order valence-electron chi connectivity index (χ2n) is 3.76. The molecule has 3 N–H and O–H groups in total. The molecule has 0 atom stereocenters. The lowest BCUT2D eigenvalue weighted by Gasteiger charge is -2.09. The third-order valence-electron chi connectivity index (χ3n) is 2.43. The summed E-state index contributed by atoms with van der Waals surface area (Å²) in [6, 6.07) is 8.80. The largest absolute Gasteiger partial charge is 0.508 e. The van der Waals surface area contributed by atoms with E-state index in [0.29, 0.717) is 15.2 Å². The van der Waals surface area contributed by atoms with Crippen molar-refractivity contribution in [3.05, 3.63) is 51.5 Å². The number of anilines is 1. The van der Waals surface area contributed by atoms with E-state index in [4.69, 9.17) is 11.6 Å². The molecule has 19 heavy (non-hydrogen) atoms. The SMILES string of the molecule is O=C(Nc1cccc(Cl)c1Br)c1ccc(O)cc1O. The monoisotopic (exact) mass is 341 g/mol. The van der Waals surface area contributed by atoms with Gasteiger partial charge in [-0.3, -0.25) is 4.79 Å². The number of phenolic OH excluding ortho intramolecular Hbond substituents is 2. The Morgan fingerprint density at radius 1 is 1.21 bits per heavy atom. The summed E-state index contributed by atoms with van der Waals surface area (Å²) in [4.78, 5) is 12.0. The van der Waals surface area contributed by atoms with Crippen molar-refractivity contribution >= 4 is 39.1 Å². The molecule has 0 fully saturated rings. The molecule has 0 bridgehead atoms. The smallest absolute Gasteiger partial charge is 0.259 e. The zero-order chi connectivity index (χ0) is 14.0. The average Bonchev–Trinajstić information content (AvgIpc) is 2.34. The zero-order valence-corrected chi connectivity index (χ0v) is 11.9. The third kappa shape index (κ3) is 3.00. The Labute approximate surface area is 122 Å². The second kappa shape index (κ2) is 5.50. The van der Waals surface area contributed by atoms with Gasteiger partial charge in [0, 0.05) is 6.07 Å². The molecule has 0 aromatic heterocycles. The molecule has 1 amide bonds. The van der Waals surface area contributed by atoms with E-state index in [1.165, 1.54) is 12.1 Å². The minimum absolute atomic E-state index is 0.0599. The fourth-order valence-corrected chi connectivity index (χ4v) is 2.04. The van der Waals surface area contributed by atoms with Gasteiger partial charge in [-0.2, -0.15) is 0 Å². The van der Waals surface area contributed by atoms with Crippen LogP contribution in [0.5, 0.6) is 11.5 Å². The number of nitrogens with one attached hydrogen (secondary N) is 1. The Morgan fingerprint density at radius 2 is 1.95 bits per heavy atom. The van der Waals surface area contributed by atoms with Crippen LogP contribution >= 0.6 is 27.5 Å². The zero-order valence-electron chi connectivity index (χ0n) is 9.52. The Morgan fingerprint density at radius 3 is 2.63 bits per heavy atom. The first-order valence-electron chi connectivity index (χ1n) is 5.26. The van der Waals surface area contributed by atoms with Crippen molar-refractivity contribution in [3.63, 3.8) is 0 Å². The summed E-state index contributed by atoms with van der Waals surface area (Å²) >= 11 is 9.18. The maximum absolute atomic E-state index is 12.0. The lowest BCUT2D eigenvalue weighted by atomic mass is 10.1. The number of amides is 1. The van der Waals surface area contributed by atoms with Crippen LogP contribution in [0.4, 0.5) is 5.69 Å². The van der Waals surface area contributed by atoms with Gasteiger partial charge in [0.25, 0.3) is 5.91 Å². The molecule has 0 aliphatic carbocycles. The molecule has 0 saturated heterocycles. The highest BCUT2D eigenvalue weighted by atomic mass is 79.9. The molecule has 98 valence electrons. The summed E-state index contributed by atoms with van der Waals surface area (Å²) in [7, 11) is 0. The van der Waals surface area contributed by atoms with Gasteiger partial charge in [0.1, 0.15) is 11.5 Å². The van der Waals surface area contributed by atoms with Gasteiger partial charge in [0.15, 0.2) is 0 Å². The number of carbonyl (C=O) groups is 1. The number of carbonyl (C=O) groups excluding carboxylic acids is 1. The number of benzene rings is 2. The summed E-state index contributed by atoms with van der Waals surface area (Å²) in [5.41, 5.74) is 0.551. The van der Waals surface area contributed by atoms with Crippen LogP contribution < -0.4 is 5.32 Å². The molecule has 0 spiro atoms. The predicted molar refractivity (Wildman–Crippen MR) is 76.9 cm³/mol. The topological polar surface area (TPSA) is 69.6 Å². The molecule has 0 saturated carbocycles. The Kier molecular flexibility index (Phi) is 3.97. The van der Waals surface area contributed by atoms with Gasteiger partial charge >= 0.3 is 0 Å². The normalized spacial score (nSPS) is 10.2. The summed E-state index contributed by atoms with van der Waals surface area (Å²) in [6.07, 6.45) is 0. The molecular formula is C13H9BrClNO3. The molecule has 0 heterocycles. The predicted octanol–water partition coefficient (Wildman–Crippen LogP) is 3.77. The maximum Gasteiger partial charge on any atom is 0.259 e. The maximum atomic E-state index is 12.0. The van der Waals surface area contributed by atoms with Gasteiger partial charge < -0.3 is 15.5 Å². The van der Waals surface area contributed by atoms with Crippen molar-refractivity contribution in [1.82, 2.24) is 0 Å². The highest BCUT2D eigenvalue weighted by molar-refractivity contribution is 9.10. The lowest BCUT2D eigenvalue weighted by Crippen LogP contribution is -2.12. The summed E-state index contributed by atoms with van der Waals surface area (Å²) < 4.78 is 0.559. The van der Waals surface area contributed by atoms with Crippen LogP contribution in [0.2, 0.25) is 5.02 Å². The van der Waals surface area contributed by atoms with Crippen LogP contribution in [-0.4, -0.2) is 16.1 Å². The standard InChI is InChI=1S/C13H9BrClNO3/c14-12-9(15)2-1-3-10(12)16-13(19)8-5-4-7(17)6-11(8)18/h1-6,17-18H,(H,16,19). The summed E-state index contributed by atoms with van der Waals surface area (Å²) in [5, 5.41) is 21.9. The molecule has 2 aromatic rings. The van der Waals surface area contributed by atoms with Crippen molar-refractivity contribution in [2.45, 2.75) is 0 Å². The van der Waals surface area contributed by atoms with E-state index in [1.807, 2.05) is 0 Å². The van der Waals surface area contributed by atoms with E-state index in [9.17, 15) is 15.0 Å². The number of phenols is 2. The minimum atomic E-state index is -0.500. The van der Waals surface area contributed by atoms with E-state index in [-0.39, 0.29) is 17.1 Å². The summed E-state index contributed by atoms with van der Waals surface area (Å²) in [6.45, 7) is 0. The average molecular weight is 343 g/mol. The van der Waals surface area contributed by atoms with Crippen LogP contribution in [-0.2, 0) is 0 Å². The molecule has 6 heteroatoms. The first-order chi connectivity index (χ1) is 8.99. The quantitative estimate of drug-likeness (QED) is 0.778. The van der Waals surface area contributed by atoms with Crippen molar-refractivity contribution < 1.29 is 15.0 Å². The van der Waals surface area contributed by atoms with Crippen molar-refractivity contribution in [3.8, 4) is 11.5 Å². The molecular weight excluding hydrogens is 334 g/mol. The highest BCUT2D eigenvalue weighted by Gasteiger charge is 2.13. The van der Waals surface area contributed by atoms with Crippen LogP contribution in [0.3, 0.4) is 0 Å². The molecule has 2 rings (SSSR count). The van der Waals surface area contributed by atoms with Crippen LogP contribution in [0.15, 0.2) is 40.9 Å². The van der Waals surface area contributed by atoms with Crippen molar-refractivity contribution in [2.75, 3.05) is 5.32 Å². The second-order valence-corrected chi connectivity index (χ2v) is 4.96. The van der Waals surface area contributed by atoms with Gasteiger partial charge in [0.05, 0.1) is 20.7 Å². The first-order valence-corrected chi connectivity index (χ1v) is 6.43. The lowest BCUT2D eigenvalue weighted by molar-refractivity contribution is 0.102. The number of aromatic hydroxyl groups is 2. The van der Waals surface area contributed by atoms with Gasteiger partial charge in [-0.05, 0) is 40.2 Å². The van der Waals surface area contributed by atoms with Gasteiger partial charge in [0.2, 0.25) is 0 Å².